The van der Waals surface area contributed by atoms with E-state index in [1.54, 1.807) is 12.1 Å². The summed E-state index contributed by atoms with van der Waals surface area (Å²) in [5, 5.41) is 0. The first kappa shape index (κ1) is 14.3. The molecule has 0 radical (unpaired) electrons. The third-order valence-corrected chi connectivity index (χ3v) is 3.77. The Morgan fingerprint density at radius 1 is 1.20 bits per heavy atom. The van der Waals surface area contributed by atoms with Crippen LogP contribution in [0.2, 0.25) is 0 Å². The molecule has 0 saturated carbocycles. The van der Waals surface area contributed by atoms with Crippen LogP contribution in [0.5, 0.6) is 5.75 Å². The van der Waals surface area contributed by atoms with Gasteiger partial charge in [0.2, 0.25) is 5.95 Å². The lowest BCUT2D eigenvalue weighted by molar-refractivity contribution is 0.340. The molecule has 0 atom stereocenters. The summed E-state index contributed by atoms with van der Waals surface area (Å²) in [4.78, 5) is 3.50. The fourth-order valence-electron chi connectivity index (χ4n) is 1.54. The first-order valence-electron chi connectivity index (χ1n) is 5.89. The van der Waals surface area contributed by atoms with Crippen LogP contribution in [0.15, 0.2) is 47.4 Å². The zero-order chi connectivity index (χ0) is 14.6. The highest BCUT2D eigenvalue weighted by Crippen LogP contribution is 2.18. The van der Waals surface area contributed by atoms with Gasteiger partial charge in [0.15, 0.2) is 0 Å². The van der Waals surface area contributed by atoms with Crippen LogP contribution in [0, 0.1) is 5.95 Å². The number of rotatable bonds is 5. The number of anilines is 1. The molecule has 0 unspecified atom stereocenters. The maximum atomic E-state index is 12.9. The molecule has 0 saturated heterocycles. The van der Waals surface area contributed by atoms with Crippen molar-refractivity contribution in [1.29, 1.82) is 0 Å². The van der Waals surface area contributed by atoms with E-state index >= 15 is 0 Å². The van der Waals surface area contributed by atoms with Gasteiger partial charge >= 0.3 is 0 Å². The number of hydrogen-bond acceptors (Lipinski definition) is 4. The van der Waals surface area contributed by atoms with Gasteiger partial charge in [-0.25, -0.2) is 13.4 Å². The SMILES string of the molecule is CCOc1ccc(S(=O)(=O)Nc2cccc(F)n2)cc1. The Morgan fingerprint density at radius 2 is 1.90 bits per heavy atom. The van der Waals surface area contributed by atoms with Gasteiger partial charge in [0.1, 0.15) is 11.6 Å². The molecular weight excluding hydrogens is 283 g/mol. The number of pyridine rings is 1. The van der Waals surface area contributed by atoms with E-state index in [1.807, 2.05) is 6.92 Å². The van der Waals surface area contributed by atoms with Gasteiger partial charge in [0, 0.05) is 0 Å². The Balaban J connectivity index is 2.21. The molecule has 1 N–H and O–H groups in total. The Labute approximate surface area is 116 Å². The smallest absolute Gasteiger partial charge is 0.263 e. The van der Waals surface area contributed by atoms with Crippen molar-refractivity contribution in [3.05, 3.63) is 48.4 Å². The summed E-state index contributed by atoms with van der Waals surface area (Å²) in [5.41, 5.74) is 0. The molecular formula is C13H13FN2O3S. The second-order valence-corrected chi connectivity index (χ2v) is 5.54. The summed E-state index contributed by atoms with van der Waals surface area (Å²) in [6.07, 6.45) is 0. The van der Waals surface area contributed by atoms with Gasteiger partial charge in [-0.2, -0.15) is 4.39 Å². The van der Waals surface area contributed by atoms with Gasteiger partial charge in [-0.3, -0.25) is 4.72 Å². The predicted octanol–water partition coefficient (Wildman–Crippen LogP) is 2.42. The van der Waals surface area contributed by atoms with Crippen molar-refractivity contribution in [3.63, 3.8) is 0 Å². The molecule has 5 nitrogen and oxygen atoms in total. The summed E-state index contributed by atoms with van der Waals surface area (Å²) in [5.74, 6) is -0.244. The molecule has 7 heteroatoms. The summed E-state index contributed by atoms with van der Waals surface area (Å²) in [6.45, 7) is 2.33. The zero-order valence-electron chi connectivity index (χ0n) is 10.7. The highest BCUT2D eigenvalue weighted by molar-refractivity contribution is 7.92. The van der Waals surface area contributed by atoms with Crippen LogP contribution >= 0.6 is 0 Å². The van der Waals surface area contributed by atoms with Crippen LogP contribution in [-0.2, 0) is 10.0 Å². The largest absolute Gasteiger partial charge is 0.494 e. The fraction of sp³-hybridized carbons (Fsp3) is 0.154. The number of nitrogens with one attached hydrogen (secondary N) is 1. The molecule has 0 aliphatic rings. The third kappa shape index (κ3) is 3.45. The van der Waals surface area contributed by atoms with Crippen LogP contribution in [-0.4, -0.2) is 20.0 Å². The minimum Gasteiger partial charge on any atom is -0.494 e. The molecule has 0 spiro atoms. The van der Waals surface area contributed by atoms with E-state index in [2.05, 4.69) is 9.71 Å². The van der Waals surface area contributed by atoms with Crippen molar-refractivity contribution in [2.45, 2.75) is 11.8 Å². The standard InChI is InChI=1S/C13H13FN2O3S/c1-2-19-10-6-8-11(9-7-10)20(17,18)16-13-5-3-4-12(14)15-13/h3-9H,2H2,1H3,(H,15,16). The normalized spacial score (nSPS) is 11.1. The van der Waals surface area contributed by atoms with E-state index in [1.165, 1.54) is 24.3 Å². The van der Waals surface area contributed by atoms with Crippen molar-refractivity contribution in [2.24, 2.45) is 0 Å². The molecule has 1 aromatic heterocycles. The van der Waals surface area contributed by atoms with Crippen LogP contribution in [0.1, 0.15) is 6.92 Å². The van der Waals surface area contributed by atoms with E-state index in [0.717, 1.165) is 6.07 Å². The highest BCUT2D eigenvalue weighted by atomic mass is 32.2. The van der Waals surface area contributed by atoms with Crippen LogP contribution < -0.4 is 9.46 Å². The molecule has 20 heavy (non-hydrogen) atoms. The van der Waals surface area contributed by atoms with Crippen molar-refractivity contribution < 1.29 is 17.5 Å². The van der Waals surface area contributed by atoms with Crippen LogP contribution in [0.25, 0.3) is 0 Å². The van der Waals surface area contributed by atoms with Gasteiger partial charge in [-0.15, -0.1) is 0 Å². The summed E-state index contributed by atoms with van der Waals surface area (Å²) in [7, 11) is -3.80. The van der Waals surface area contributed by atoms with Crippen molar-refractivity contribution in [1.82, 2.24) is 4.98 Å². The third-order valence-electron chi connectivity index (χ3n) is 2.40. The molecule has 2 rings (SSSR count). The summed E-state index contributed by atoms with van der Waals surface area (Å²) < 4.78 is 44.5. The summed E-state index contributed by atoms with van der Waals surface area (Å²) in [6, 6.07) is 9.80. The lowest BCUT2D eigenvalue weighted by Gasteiger charge is -2.08. The van der Waals surface area contributed by atoms with E-state index in [0.29, 0.717) is 12.4 Å². The Bertz CT molecular complexity index is 687. The van der Waals surface area contributed by atoms with Gasteiger partial charge in [0.05, 0.1) is 11.5 Å². The number of aromatic nitrogens is 1. The van der Waals surface area contributed by atoms with Gasteiger partial charge in [-0.05, 0) is 43.3 Å². The van der Waals surface area contributed by atoms with E-state index in [4.69, 9.17) is 4.74 Å². The highest BCUT2D eigenvalue weighted by Gasteiger charge is 2.15. The monoisotopic (exact) mass is 296 g/mol. The minimum absolute atomic E-state index is 0.0482. The lowest BCUT2D eigenvalue weighted by Crippen LogP contribution is -2.14. The fourth-order valence-corrected chi connectivity index (χ4v) is 2.54. The second kappa shape index (κ2) is 5.87. The number of benzene rings is 1. The quantitative estimate of drug-likeness (QED) is 0.860. The average molecular weight is 296 g/mol. The number of hydrogen-bond donors (Lipinski definition) is 1. The van der Waals surface area contributed by atoms with Crippen LogP contribution in [0.4, 0.5) is 10.2 Å². The first-order valence-corrected chi connectivity index (χ1v) is 7.38. The van der Waals surface area contributed by atoms with Crippen LogP contribution in [0.3, 0.4) is 0 Å². The Morgan fingerprint density at radius 3 is 2.50 bits per heavy atom. The Hall–Kier alpha value is -2.15. The molecule has 0 fully saturated rings. The van der Waals surface area contributed by atoms with Gasteiger partial charge in [-0.1, -0.05) is 6.07 Å². The van der Waals surface area contributed by atoms with Crippen molar-refractivity contribution in [2.75, 3.05) is 11.3 Å². The van der Waals surface area contributed by atoms with Crippen molar-refractivity contribution in [3.8, 4) is 5.75 Å². The number of nitrogens with zero attached hydrogens (tertiary/aromatic N) is 1. The number of ether oxygens (including phenoxy) is 1. The minimum atomic E-state index is -3.80. The van der Waals surface area contributed by atoms with E-state index in [9.17, 15) is 12.8 Å². The summed E-state index contributed by atoms with van der Waals surface area (Å²) >= 11 is 0. The molecule has 2 aromatic rings. The number of halogens is 1. The average Bonchev–Trinajstić information content (AvgIpc) is 2.39. The molecule has 0 bridgehead atoms. The van der Waals surface area contributed by atoms with Gasteiger partial charge in [0.25, 0.3) is 10.0 Å². The first-order chi connectivity index (χ1) is 9.51. The molecule has 0 amide bonds. The molecule has 1 heterocycles. The second-order valence-electron chi connectivity index (χ2n) is 3.86. The predicted molar refractivity (Wildman–Crippen MR) is 72.6 cm³/mol. The maximum absolute atomic E-state index is 12.9. The molecule has 1 aromatic carbocycles. The molecule has 106 valence electrons. The maximum Gasteiger partial charge on any atom is 0.263 e. The van der Waals surface area contributed by atoms with E-state index < -0.39 is 16.0 Å². The van der Waals surface area contributed by atoms with E-state index in [-0.39, 0.29) is 10.7 Å². The van der Waals surface area contributed by atoms with Gasteiger partial charge < -0.3 is 4.74 Å². The Kier molecular flexibility index (Phi) is 4.19. The number of sulfonamides is 1. The molecule has 0 aliphatic carbocycles. The molecule has 0 aliphatic heterocycles. The topological polar surface area (TPSA) is 68.3 Å². The van der Waals surface area contributed by atoms with Crippen molar-refractivity contribution >= 4 is 15.8 Å². The zero-order valence-corrected chi connectivity index (χ0v) is 11.5. The lowest BCUT2D eigenvalue weighted by atomic mass is 10.3.